The van der Waals surface area contributed by atoms with E-state index in [0.717, 1.165) is 10.9 Å². The van der Waals surface area contributed by atoms with Crippen LogP contribution in [-0.4, -0.2) is 29.5 Å². The van der Waals surface area contributed by atoms with Gasteiger partial charge in [0.1, 0.15) is 11.3 Å². The number of phenolic OH excluding ortho intramolecular Hbond substituents is 1. The Kier molecular flexibility index (Phi) is 4.49. The fourth-order valence-corrected chi connectivity index (χ4v) is 2.94. The molecule has 0 unspecified atom stereocenters. The van der Waals surface area contributed by atoms with Gasteiger partial charge in [-0.15, -0.1) is 0 Å². The summed E-state index contributed by atoms with van der Waals surface area (Å²) in [6.07, 6.45) is 2.21. The molecule has 6 heteroatoms. The minimum Gasteiger partial charge on any atom is -0.507 e. The van der Waals surface area contributed by atoms with Gasteiger partial charge in [0.2, 0.25) is 0 Å². The molecule has 122 valence electrons. The van der Waals surface area contributed by atoms with Gasteiger partial charge in [0.15, 0.2) is 6.29 Å². The Balaban J connectivity index is 2.42. The van der Waals surface area contributed by atoms with Gasteiger partial charge in [0.25, 0.3) is 0 Å². The van der Waals surface area contributed by atoms with Crippen LogP contribution in [0.4, 0.5) is 0 Å². The Morgan fingerprint density at radius 3 is 2.71 bits per heavy atom. The maximum absolute atomic E-state index is 11.7. The lowest BCUT2D eigenvalue weighted by Gasteiger charge is -2.10. The largest absolute Gasteiger partial charge is 0.507 e. The van der Waals surface area contributed by atoms with Crippen LogP contribution in [0.3, 0.4) is 0 Å². The number of fused-ring (bicyclic) bond motifs is 3. The number of hydrogen-bond donors (Lipinski definition) is 1. The van der Waals surface area contributed by atoms with Crippen molar-refractivity contribution in [2.24, 2.45) is 4.99 Å². The molecule has 0 spiro atoms. The SMILES string of the molecule is Cc1cc(=O)oc2c1ccc1c(O)c(C=NCCBr)cc(C=O)c12. The molecule has 3 aromatic rings. The summed E-state index contributed by atoms with van der Waals surface area (Å²) in [5, 5.41) is 12.8. The summed E-state index contributed by atoms with van der Waals surface area (Å²) in [6, 6.07) is 6.43. The Labute approximate surface area is 145 Å². The van der Waals surface area contributed by atoms with Gasteiger partial charge in [-0.05, 0) is 24.6 Å². The molecule has 24 heavy (non-hydrogen) atoms. The summed E-state index contributed by atoms with van der Waals surface area (Å²) >= 11 is 3.28. The van der Waals surface area contributed by atoms with Gasteiger partial charge in [-0.3, -0.25) is 9.79 Å². The van der Waals surface area contributed by atoms with E-state index in [1.54, 1.807) is 25.1 Å². The number of carbonyl (C=O) groups excluding carboxylic acids is 1. The zero-order chi connectivity index (χ0) is 17.3. The molecule has 0 aliphatic heterocycles. The van der Waals surface area contributed by atoms with Gasteiger partial charge in [0, 0.05) is 51.4 Å². The molecule has 0 amide bonds. The first-order chi connectivity index (χ1) is 11.6. The molecule has 0 atom stereocenters. The number of benzene rings is 2. The highest BCUT2D eigenvalue weighted by atomic mass is 79.9. The van der Waals surface area contributed by atoms with Gasteiger partial charge in [0.05, 0.1) is 0 Å². The van der Waals surface area contributed by atoms with Crippen molar-refractivity contribution < 1.29 is 14.3 Å². The van der Waals surface area contributed by atoms with Crippen molar-refractivity contribution in [3.8, 4) is 5.75 Å². The lowest BCUT2D eigenvalue weighted by molar-refractivity contribution is 0.112. The number of phenols is 1. The highest BCUT2D eigenvalue weighted by molar-refractivity contribution is 9.09. The second-order valence-corrected chi connectivity index (χ2v) is 6.15. The molecule has 0 saturated heterocycles. The molecule has 5 nitrogen and oxygen atoms in total. The van der Waals surface area contributed by atoms with Crippen LogP contribution in [0.1, 0.15) is 21.5 Å². The molecule has 1 aromatic heterocycles. The van der Waals surface area contributed by atoms with E-state index < -0.39 is 5.63 Å². The zero-order valence-electron chi connectivity index (χ0n) is 12.9. The van der Waals surface area contributed by atoms with E-state index in [9.17, 15) is 14.7 Å². The van der Waals surface area contributed by atoms with Crippen molar-refractivity contribution in [2.75, 3.05) is 11.9 Å². The van der Waals surface area contributed by atoms with E-state index in [2.05, 4.69) is 20.9 Å². The average molecular weight is 388 g/mol. The standard InChI is InChI=1S/C18H14BrNO4/c1-10-6-15(22)24-18-13(10)2-3-14-16(18)12(9-21)7-11(17(14)23)8-20-5-4-19/h2-3,6-9,23H,4-5H2,1H3. The molecule has 3 rings (SSSR count). The number of carbonyl (C=O) groups is 1. The quantitative estimate of drug-likeness (QED) is 0.244. The smallest absolute Gasteiger partial charge is 0.336 e. The summed E-state index contributed by atoms with van der Waals surface area (Å²) in [6.45, 7) is 2.35. The molecular formula is C18H14BrNO4. The third kappa shape index (κ3) is 2.73. The Morgan fingerprint density at radius 1 is 1.25 bits per heavy atom. The van der Waals surface area contributed by atoms with E-state index in [1.165, 1.54) is 12.3 Å². The number of aliphatic imine (C=N–C) groups is 1. The van der Waals surface area contributed by atoms with Crippen LogP contribution < -0.4 is 5.63 Å². The van der Waals surface area contributed by atoms with E-state index in [-0.39, 0.29) is 5.75 Å². The first kappa shape index (κ1) is 16.4. The highest BCUT2D eigenvalue weighted by Crippen LogP contribution is 2.35. The fourth-order valence-electron chi connectivity index (χ4n) is 2.73. The van der Waals surface area contributed by atoms with Crippen LogP contribution in [0.25, 0.3) is 21.7 Å². The van der Waals surface area contributed by atoms with E-state index in [4.69, 9.17) is 4.42 Å². The van der Waals surface area contributed by atoms with Crippen molar-refractivity contribution >= 4 is 50.2 Å². The average Bonchev–Trinajstić information content (AvgIpc) is 2.56. The van der Waals surface area contributed by atoms with Crippen molar-refractivity contribution in [1.29, 1.82) is 0 Å². The predicted octanol–water partition coefficient (Wildman–Crippen LogP) is 3.59. The monoisotopic (exact) mass is 387 g/mol. The third-order valence-corrected chi connectivity index (χ3v) is 4.17. The second-order valence-electron chi connectivity index (χ2n) is 5.36. The highest BCUT2D eigenvalue weighted by Gasteiger charge is 2.15. The molecule has 0 radical (unpaired) electrons. The van der Waals surface area contributed by atoms with Crippen molar-refractivity contribution in [3.63, 3.8) is 0 Å². The van der Waals surface area contributed by atoms with Crippen molar-refractivity contribution in [2.45, 2.75) is 6.92 Å². The minimum absolute atomic E-state index is 0.0000208. The molecule has 0 fully saturated rings. The first-order valence-corrected chi connectivity index (χ1v) is 8.43. The van der Waals surface area contributed by atoms with Crippen LogP contribution >= 0.6 is 15.9 Å². The number of aryl methyl sites for hydroxylation is 1. The maximum Gasteiger partial charge on any atom is 0.336 e. The molecule has 2 aromatic carbocycles. The number of rotatable bonds is 4. The van der Waals surface area contributed by atoms with Gasteiger partial charge < -0.3 is 9.52 Å². The molecule has 0 bridgehead atoms. The molecular weight excluding hydrogens is 374 g/mol. The van der Waals surface area contributed by atoms with Gasteiger partial charge in [-0.2, -0.15) is 0 Å². The van der Waals surface area contributed by atoms with Crippen molar-refractivity contribution in [3.05, 3.63) is 51.4 Å². The number of aromatic hydroxyl groups is 1. The molecule has 0 aliphatic rings. The summed E-state index contributed by atoms with van der Waals surface area (Å²) in [5.74, 6) is -0.0000208. The van der Waals surface area contributed by atoms with Crippen LogP contribution in [0, 0.1) is 6.92 Å². The summed E-state index contributed by atoms with van der Waals surface area (Å²) < 4.78 is 5.33. The number of alkyl halides is 1. The molecule has 1 heterocycles. The third-order valence-electron chi connectivity index (χ3n) is 3.82. The van der Waals surface area contributed by atoms with Crippen LogP contribution in [0.2, 0.25) is 0 Å². The molecule has 1 N–H and O–H groups in total. The van der Waals surface area contributed by atoms with E-state index >= 15 is 0 Å². The summed E-state index contributed by atoms with van der Waals surface area (Å²) in [5.41, 5.74) is 1.34. The maximum atomic E-state index is 11.7. The Hall–Kier alpha value is -2.47. The van der Waals surface area contributed by atoms with Crippen LogP contribution in [0.15, 0.2) is 38.5 Å². The second kappa shape index (κ2) is 6.57. The number of aldehydes is 1. The molecule has 0 saturated carbocycles. The van der Waals surface area contributed by atoms with Gasteiger partial charge in [-0.1, -0.05) is 22.0 Å². The zero-order valence-corrected chi connectivity index (χ0v) is 14.5. The number of nitrogens with zero attached hydrogens (tertiary/aromatic N) is 1. The Bertz CT molecular complexity index is 1040. The Morgan fingerprint density at radius 2 is 2.00 bits per heavy atom. The summed E-state index contributed by atoms with van der Waals surface area (Å²) in [4.78, 5) is 27.5. The topological polar surface area (TPSA) is 79.9 Å². The van der Waals surface area contributed by atoms with Gasteiger partial charge >= 0.3 is 5.63 Å². The van der Waals surface area contributed by atoms with E-state index in [1.807, 2.05) is 0 Å². The van der Waals surface area contributed by atoms with Gasteiger partial charge in [-0.25, -0.2) is 4.79 Å². The van der Waals surface area contributed by atoms with Crippen LogP contribution in [-0.2, 0) is 0 Å². The van der Waals surface area contributed by atoms with Crippen molar-refractivity contribution in [1.82, 2.24) is 0 Å². The lowest BCUT2D eigenvalue weighted by atomic mass is 9.97. The lowest BCUT2D eigenvalue weighted by Crippen LogP contribution is -2.00. The number of halogens is 1. The number of hydrogen-bond acceptors (Lipinski definition) is 5. The van der Waals surface area contributed by atoms with Crippen LogP contribution in [0.5, 0.6) is 5.75 Å². The minimum atomic E-state index is -0.494. The summed E-state index contributed by atoms with van der Waals surface area (Å²) in [7, 11) is 0. The first-order valence-electron chi connectivity index (χ1n) is 7.31. The molecule has 0 aliphatic carbocycles. The normalized spacial score (nSPS) is 11.6. The fraction of sp³-hybridized carbons (Fsp3) is 0.167. The predicted molar refractivity (Wildman–Crippen MR) is 98.0 cm³/mol. The van der Waals surface area contributed by atoms with E-state index in [0.29, 0.717) is 45.6 Å².